The molecular weight excluding hydrogens is 325 g/mol. The number of carboxylic acids is 1. The molecule has 2 aromatic rings. The molecule has 2 N–H and O–H groups in total. The first-order chi connectivity index (χ1) is 10.8. The van der Waals surface area contributed by atoms with Gasteiger partial charge in [-0.15, -0.1) is 0 Å². The summed E-state index contributed by atoms with van der Waals surface area (Å²) in [5, 5.41) is 9.00. The van der Waals surface area contributed by atoms with E-state index in [0.717, 1.165) is 12.1 Å². The molecule has 0 atom stereocenters. The van der Waals surface area contributed by atoms with Crippen molar-refractivity contribution in [2.75, 3.05) is 11.8 Å². The number of hydrogen-bond donors (Lipinski definition) is 2. The average molecular weight is 339 g/mol. The molecule has 0 bridgehead atoms. The molecule has 23 heavy (non-hydrogen) atoms. The van der Waals surface area contributed by atoms with E-state index in [2.05, 4.69) is 4.72 Å². The van der Waals surface area contributed by atoms with Crippen LogP contribution in [0.3, 0.4) is 0 Å². The van der Waals surface area contributed by atoms with E-state index in [9.17, 15) is 17.6 Å². The monoisotopic (exact) mass is 339 g/mol. The summed E-state index contributed by atoms with van der Waals surface area (Å²) in [7, 11) is -2.78. The molecule has 2 aromatic carbocycles. The van der Waals surface area contributed by atoms with Crippen LogP contribution in [0.4, 0.5) is 10.1 Å². The van der Waals surface area contributed by atoms with Crippen molar-refractivity contribution >= 4 is 21.7 Å². The van der Waals surface area contributed by atoms with E-state index in [1.165, 1.54) is 38.3 Å². The number of hydrogen-bond acceptors (Lipinski definition) is 4. The molecular formula is C15H14FNO5S. The summed E-state index contributed by atoms with van der Waals surface area (Å²) >= 11 is 0. The van der Waals surface area contributed by atoms with Crippen molar-refractivity contribution < 1.29 is 27.4 Å². The molecule has 0 amide bonds. The lowest BCUT2D eigenvalue weighted by atomic mass is 10.2. The van der Waals surface area contributed by atoms with E-state index in [4.69, 9.17) is 9.84 Å². The van der Waals surface area contributed by atoms with Gasteiger partial charge in [-0.2, -0.15) is 0 Å². The van der Waals surface area contributed by atoms with Gasteiger partial charge in [-0.05, 0) is 37.3 Å². The maximum Gasteiger partial charge on any atom is 0.335 e. The van der Waals surface area contributed by atoms with E-state index >= 15 is 0 Å². The van der Waals surface area contributed by atoms with Gasteiger partial charge in [-0.1, -0.05) is 6.07 Å². The lowest BCUT2D eigenvalue weighted by Gasteiger charge is -2.14. The fraction of sp³-hybridized carbons (Fsp3) is 0.133. The summed E-state index contributed by atoms with van der Waals surface area (Å²) < 4.78 is 45.7. The molecule has 0 aliphatic carbocycles. The van der Waals surface area contributed by atoms with Gasteiger partial charge in [0.05, 0.1) is 23.3 Å². The highest BCUT2D eigenvalue weighted by atomic mass is 32.2. The topological polar surface area (TPSA) is 92.7 Å². The Hall–Kier alpha value is -2.61. The molecule has 122 valence electrons. The van der Waals surface area contributed by atoms with Crippen LogP contribution in [0.25, 0.3) is 0 Å². The zero-order valence-corrected chi connectivity index (χ0v) is 13.1. The number of sulfonamides is 1. The number of benzene rings is 2. The summed E-state index contributed by atoms with van der Waals surface area (Å²) in [6, 6.07) is 7.44. The number of carboxylic acid groups (broad SMARTS) is 1. The zero-order chi connectivity index (χ0) is 17.2. The minimum absolute atomic E-state index is 0.0339. The highest BCUT2D eigenvalue weighted by Crippen LogP contribution is 2.29. The van der Waals surface area contributed by atoms with Crippen LogP contribution in [-0.4, -0.2) is 26.6 Å². The summed E-state index contributed by atoms with van der Waals surface area (Å²) in [5.74, 6) is -1.72. The Kier molecular flexibility index (Phi) is 4.55. The molecule has 0 radical (unpaired) electrons. The van der Waals surface area contributed by atoms with Crippen molar-refractivity contribution in [1.29, 1.82) is 0 Å². The normalized spacial score (nSPS) is 11.1. The van der Waals surface area contributed by atoms with Gasteiger partial charge in [-0.25, -0.2) is 17.6 Å². The molecule has 0 aliphatic rings. The van der Waals surface area contributed by atoms with Gasteiger partial charge >= 0.3 is 5.97 Å². The number of ether oxygens (including phenoxy) is 1. The van der Waals surface area contributed by atoms with Gasteiger partial charge < -0.3 is 9.84 Å². The lowest BCUT2D eigenvalue weighted by molar-refractivity contribution is 0.0697. The quantitative estimate of drug-likeness (QED) is 0.873. The van der Waals surface area contributed by atoms with Crippen LogP contribution >= 0.6 is 0 Å². The second kappa shape index (κ2) is 6.25. The fourth-order valence-electron chi connectivity index (χ4n) is 2.00. The van der Waals surface area contributed by atoms with Crippen LogP contribution < -0.4 is 9.46 Å². The molecule has 0 unspecified atom stereocenters. The van der Waals surface area contributed by atoms with Crippen molar-refractivity contribution in [2.45, 2.75) is 11.8 Å². The van der Waals surface area contributed by atoms with Crippen molar-refractivity contribution in [3.8, 4) is 5.75 Å². The number of carbonyl (C=O) groups is 1. The Labute approximate surface area is 132 Å². The molecule has 0 aliphatic heterocycles. The van der Waals surface area contributed by atoms with Crippen molar-refractivity contribution in [1.82, 2.24) is 0 Å². The smallest absolute Gasteiger partial charge is 0.335 e. The number of rotatable bonds is 5. The number of nitrogens with one attached hydrogen (secondary N) is 1. The Morgan fingerprint density at radius 2 is 1.96 bits per heavy atom. The Morgan fingerprint density at radius 3 is 2.57 bits per heavy atom. The van der Waals surface area contributed by atoms with E-state index in [1.54, 1.807) is 0 Å². The summed E-state index contributed by atoms with van der Waals surface area (Å²) in [6.07, 6.45) is 0. The van der Waals surface area contributed by atoms with Gasteiger partial charge in [0, 0.05) is 5.56 Å². The summed E-state index contributed by atoms with van der Waals surface area (Å²) in [4.78, 5) is 10.8. The van der Waals surface area contributed by atoms with Gasteiger partial charge in [0.15, 0.2) is 0 Å². The fourth-order valence-corrected chi connectivity index (χ4v) is 3.32. The zero-order valence-electron chi connectivity index (χ0n) is 12.3. The standard InChI is InChI=1S/C15H14FNO5S/c1-9-11(16)4-3-5-14(9)23(20,21)17-12-8-10(15(18)19)6-7-13(12)22-2/h3-8,17H,1-2H3,(H,18,19). The van der Waals surface area contributed by atoms with E-state index in [0.29, 0.717) is 0 Å². The van der Waals surface area contributed by atoms with Crippen LogP contribution in [0.2, 0.25) is 0 Å². The van der Waals surface area contributed by atoms with Gasteiger partial charge in [0.1, 0.15) is 11.6 Å². The molecule has 6 nitrogen and oxygen atoms in total. The third-order valence-electron chi connectivity index (χ3n) is 3.20. The first-order valence-electron chi connectivity index (χ1n) is 6.45. The molecule has 0 saturated carbocycles. The molecule has 0 fully saturated rings. The van der Waals surface area contributed by atoms with Crippen LogP contribution in [-0.2, 0) is 10.0 Å². The predicted octanol–water partition coefficient (Wildman–Crippen LogP) is 2.64. The van der Waals surface area contributed by atoms with Crippen LogP contribution in [0, 0.1) is 12.7 Å². The maximum atomic E-state index is 13.6. The Morgan fingerprint density at radius 1 is 1.26 bits per heavy atom. The largest absolute Gasteiger partial charge is 0.495 e. The van der Waals surface area contributed by atoms with Crippen LogP contribution in [0.5, 0.6) is 5.75 Å². The Bertz CT molecular complexity index is 864. The van der Waals surface area contributed by atoms with E-state index in [-0.39, 0.29) is 27.5 Å². The maximum absolute atomic E-state index is 13.6. The third kappa shape index (κ3) is 3.42. The van der Waals surface area contributed by atoms with Crippen molar-refractivity contribution in [2.24, 2.45) is 0 Å². The first-order valence-corrected chi connectivity index (χ1v) is 7.94. The van der Waals surface area contributed by atoms with Gasteiger partial charge in [0.25, 0.3) is 10.0 Å². The SMILES string of the molecule is COc1ccc(C(=O)O)cc1NS(=O)(=O)c1cccc(F)c1C. The molecule has 8 heteroatoms. The minimum Gasteiger partial charge on any atom is -0.495 e. The van der Waals surface area contributed by atoms with Crippen LogP contribution in [0.15, 0.2) is 41.3 Å². The number of aromatic carboxylic acids is 1. The van der Waals surface area contributed by atoms with E-state index in [1.807, 2.05) is 0 Å². The molecule has 0 aromatic heterocycles. The highest BCUT2D eigenvalue weighted by molar-refractivity contribution is 7.92. The third-order valence-corrected chi connectivity index (χ3v) is 4.71. The minimum atomic E-state index is -4.10. The lowest BCUT2D eigenvalue weighted by Crippen LogP contribution is -2.16. The second-order valence-corrected chi connectivity index (χ2v) is 6.34. The summed E-state index contributed by atoms with van der Waals surface area (Å²) in [5.41, 5.74) is -0.191. The van der Waals surface area contributed by atoms with Gasteiger partial charge in [-0.3, -0.25) is 4.72 Å². The summed E-state index contributed by atoms with van der Waals surface area (Å²) in [6.45, 7) is 1.34. The number of halogens is 1. The number of methoxy groups -OCH3 is 1. The number of anilines is 1. The van der Waals surface area contributed by atoms with Crippen molar-refractivity contribution in [3.63, 3.8) is 0 Å². The highest BCUT2D eigenvalue weighted by Gasteiger charge is 2.21. The van der Waals surface area contributed by atoms with Crippen molar-refractivity contribution in [3.05, 3.63) is 53.3 Å². The first kappa shape index (κ1) is 16.8. The van der Waals surface area contributed by atoms with Gasteiger partial charge in [0.2, 0.25) is 0 Å². The molecule has 0 spiro atoms. The Balaban J connectivity index is 2.50. The molecule has 0 heterocycles. The second-order valence-electron chi connectivity index (χ2n) is 4.69. The van der Waals surface area contributed by atoms with E-state index < -0.39 is 21.8 Å². The molecule has 0 saturated heterocycles. The van der Waals surface area contributed by atoms with Crippen LogP contribution in [0.1, 0.15) is 15.9 Å². The predicted molar refractivity (Wildman–Crippen MR) is 81.9 cm³/mol. The average Bonchev–Trinajstić information content (AvgIpc) is 2.49. The molecule has 2 rings (SSSR count).